The van der Waals surface area contributed by atoms with Crippen molar-refractivity contribution in [3.63, 3.8) is 0 Å². The summed E-state index contributed by atoms with van der Waals surface area (Å²) in [5.74, 6) is 1.13. The van der Waals surface area contributed by atoms with Crippen molar-refractivity contribution in [2.24, 2.45) is 10.9 Å². The number of nitrogens with zero attached hydrogens (tertiary/aromatic N) is 2. The number of benzene rings is 1. The molecule has 1 aromatic carbocycles. The topological polar surface area (TPSA) is 48.9 Å². The minimum atomic E-state index is -0.198. The molecule has 1 fully saturated rings. The van der Waals surface area contributed by atoms with Crippen molar-refractivity contribution < 1.29 is 9.13 Å². The maximum absolute atomic E-state index is 13.7. The maximum atomic E-state index is 13.7. The molecule has 25 heavy (non-hydrogen) atoms. The smallest absolute Gasteiger partial charge is 0.191 e. The van der Waals surface area contributed by atoms with Gasteiger partial charge in [0.1, 0.15) is 5.82 Å². The number of guanidine groups is 1. The van der Waals surface area contributed by atoms with E-state index in [4.69, 9.17) is 4.74 Å². The van der Waals surface area contributed by atoms with Gasteiger partial charge in [-0.2, -0.15) is 0 Å². The minimum absolute atomic E-state index is 0.198. The van der Waals surface area contributed by atoms with Gasteiger partial charge in [-0.1, -0.05) is 32.0 Å². The lowest BCUT2D eigenvalue weighted by Gasteiger charge is -2.35. The first-order chi connectivity index (χ1) is 12.1. The Morgan fingerprint density at radius 3 is 2.60 bits per heavy atom. The molecule has 1 unspecified atom stereocenters. The first-order valence-electron chi connectivity index (χ1n) is 9.10. The Labute approximate surface area is 150 Å². The normalized spacial score (nSPS) is 17.6. The van der Waals surface area contributed by atoms with Crippen LogP contribution in [0.25, 0.3) is 0 Å². The summed E-state index contributed by atoms with van der Waals surface area (Å²) in [7, 11) is 1.74. The Morgan fingerprint density at radius 2 is 1.96 bits per heavy atom. The van der Waals surface area contributed by atoms with Crippen molar-refractivity contribution in [1.82, 2.24) is 15.5 Å². The first kappa shape index (κ1) is 19.7. The Balaban J connectivity index is 1.86. The zero-order valence-corrected chi connectivity index (χ0v) is 15.6. The van der Waals surface area contributed by atoms with Crippen LogP contribution < -0.4 is 10.6 Å². The molecule has 140 valence electrons. The Hall–Kier alpha value is -1.66. The van der Waals surface area contributed by atoms with Gasteiger partial charge in [0, 0.05) is 44.8 Å². The molecule has 6 heteroatoms. The fourth-order valence-electron chi connectivity index (χ4n) is 3.10. The molecule has 0 aliphatic carbocycles. The lowest BCUT2D eigenvalue weighted by molar-refractivity contribution is 0.0132. The highest BCUT2D eigenvalue weighted by Crippen LogP contribution is 2.13. The molecule has 0 radical (unpaired) electrons. The van der Waals surface area contributed by atoms with E-state index in [2.05, 4.69) is 34.4 Å². The van der Waals surface area contributed by atoms with Crippen molar-refractivity contribution >= 4 is 5.96 Å². The van der Waals surface area contributed by atoms with Crippen LogP contribution in [0.1, 0.15) is 25.8 Å². The fraction of sp³-hybridized carbons (Fsp3) is 0.632. The summed E-state index contributed by atoms with van der Waals surface area (Å²) in [6, 6.07) is 7.24. The molecule has 2 N–H and O–H groups in total. The largest absolute Gasteiger partial charge is 0.379 e. The van der Waals surface area contributed by atoms with Gasteiger partial charge in [-0.3, -0.25) is 9.89 Å². The van der Waals surface area contributed by atoms with Gasteiger partial charge in [-0.05, 0) is 18.4 Å². The third-order valence-corrected chi connectivity index (χ3v) is 4.44. The van der Waals surface area contributed by atoms with Gasteiger partial charge in [0.25, 0.3) is 0 Å². The van der Waals surface area contributed by atoms with Crippen LogP contribution in [0.3, 0.4) is 0 Å². The summed E-state index contributed by atoms with van der Waals surface area (Å²) < 4.78 is 19.2. The SMILES string of the molecule is CN=C(NCc1ccccc1F)NCC(CC(C)C)N1CCOCC1. The van der Waals surface area contributed by atoms with E-state index in [1.807, 2.05) is 6.07 Å². The van der Waals surface area contributed by atoms with Crippen LogP contribution in [-0.2, 0) is 11.3 Å². The molecule has 1 aliphatic rings. The lowest BCUT2D eigenvalue weighted by Crippen LogP contribution is -2.51. The first-order valence-corrected chi connectivity index (χ1v) is 9.10. The van der Waals surface area contributed by atoms with Crippen LogP contribution in [-0.4, -0.2) is 56.8 Å². The van der Waals surface area contributed by atoms with Crippen molar-refractivity contribution in [2.75, 3.05) is 39.9 Å². The molecule has 1 aromatic rings. The number of rotatable bonds is 7. The standard InChI is InChI=1S/C19H31FN4O/c1-15(2)12-17(24-8-10-25-11-9-24)14-23-19(21-3)22-13-16-6-4-5-7-18(16)20/h4-7,15,17H,8-14H2,1-3H3,(H2,21,22,23). The molecule has 1 saturated heterocycles. The van der Waals surface area contributed by atoms with Crippen LogP contribution in [0.2, 0.25) is 0 Å². The fourth-order valence-corrected chi connectivity index (χ4v) is 3.10. The highest BCUT2D eigenvalue weighted by Gasteiger charge is 2.22. The average molecular weight is 350 g/mol. The van der Waals surface area contributed by atoms with E-state index in [-0.39, 0.29) is 5.82 Å². The summed E-state index contributed by atoms with van der Waals surface area (Å²) in [6.07, 6.45) is 1.12. The molecule has 0 aromatic heterocycles. The molecule has 5 nitrogen and oxygen atoms in total. The zero-order chi connectivity index (χ0) is 18.1. The molecular weight excluding hydrogens is 319 g/mol. The van der Waals surface area contributed by atoms with E-state index in [0.717, 1.165) is 39.3 Å². The molecule has 0 bridgehead atoms. The second-order valence-electron chi connectivity index (χ2n) is 6.83. The molecule has 1 atom stereocenters. The number of halogens is 1. The number of nitrogens with one attached hydrogen (secondary N) is 2. The summed E-state index contributed by atoms with van der Waals surface area (Å²) in [6.45, 7) is 9.27. The van der Waals surface area contributed by atoms with Gasteiger partial charge in [0.05, 0.1) is 13.2 Å². The Morgan fingerprint density at radius 1 is 1.24 bits per heavy atom. The molecule has 2 rings (SSSR count). The number of hydrogen-bond acceptors (Lipinski definition) is 3. The van der Waals surface area contributed by atoms with E-state index in [1.165, 1.54) is 6.07 Å². The average Bonchev–Trinajstić information content (AvgIpc) is 2.62. The van der Waals surface area contributed by atoms with Crippen LogP contribution >= 0.6 is 0 Å². The molecule has 0 spiro atoms. The predicted octanol–water partition coefficient (Wildman–Crippen LogP) is 2.24. The van der Waals surface area contributed by atoms with Gasteiger partial charge in [-0.15, -0.1) is 0 Å². The number of aliphatic imine (C=N–C) groups is 1. The van der Waals surface area contributed by atoms with Gasteiger partial charge < -0.3 is 15.4 Å². The van der Waals surface area contributed by atoms with E-state index in [9.17, 15) is 4.39 Å². The third-order valence-electron chi connectivity index (χ3n) is 4.44. The molecule has 0 saturated carbocycles. The van der Waals surface area contributed by atoms with Crippen LogP contribution in [0.15, 0.2) is 29.3 Å². The number of hydrogen-bond donors (Lipinski definition) is 2. The Bertz CT molecular complexity index is 544. The third kappa shape index (κ3) is 6.63. The van der Waals surface area contributed by atoms with E-state index in [1.54, 1.807) is 19.2 Å². The summed E-state index contributed by atoms with van der Waals surface area (Å²) in [5.41, 5.74) is 0.636. The molecule has 1 heterocycles. The van der Waals surface area contributed by atoms with Crippen molar-refractivity contribution in [3.8, 4) is 0 Å². The maximum Gasteiger partial charge on any atom is 0.191 e. The summed E-state index contributed by atoms with van der Waals surface area (Å²) in [5, 5.41) is 6.59. The summed E-state index contributed by atoms with van der Waals surface area (Å²) in [4.78, 5) is 6.74. The highest BCUT2D eigenvalue weighted by atomic mass is 19.1. The molecular formula is C19H31FN4O. The van der Waals surface area contributed by atoms with Gasteiger partial charge in [0.15, 0.2) is 5.96 Å². The van der Waals surface area contributed by atoms with E-state index >= 15 is 0 Å². The monoisotopic (exact) mass is 350 g/mol. The zero-order valence-electron chi connectivity index (χ0n) is 15.6. The van der Waals surface area contributed by atoms with E-state index < -0.39 is 0 Å². The van der Waals surface area contributed by atoms with Crippen LogP contribution in [0, 0.1) is 11.7 Å². The number of morpholine rings is 1. The second kappa shape index (κ2) is 10.4. The predicted molar refractivity (Wildman–Crippen MR) is 100 cm³/mol. The molecule has 0 amide bonds. The van der Waals surface area contributed by atoms with Crippen molar-refractivity contribution in [3.05, 3.63) is 35.6 Å². The number of ether oxygens (including phenoxy) is 1. The quantitative estimate of drug-likeness (QED) is 0.585. The lowest BCUT2D eigenvalue weighted by atomic mass is 10.0. The van der Waals surface area contributed by atoms with Gasteiger partial charge >= 0.3 is 0 Å². The second-order valence-corrected chi connectivity index (χ2v) is 6.83. The summed E-state index contributed by atoms with van der Waals surface area (Å²) >= 11 is 0. The van der Waals surface area contributed by atoms with Gasteiger partial charge in [-0.25, -0.2) is 4.39 Å². The van der Waals surface area contributed by atoms with Crippen molar-refractivity contribution in [2.45, 2.75) is 32.9 Å². The Kier molecular flexibility index (Phi) is 8.15. The van der Waals surface area contributed by atoms with Crippen LogP contribution in [0.4, 0.5) is 4.39 Å². The molecule has 1 aliphatic heterocycles. The minimum Gasteiger partial charge on any atom is -0.379 e. The van der Waals surface area contributed by atoms with Gasteiger partial charge in [0.2, 0.25) is 0 Å². The van der Waals surface area contributed by atoms with Crippen LogP contribution in [0.5, 0.6) is 0 Å². The van der Waals surface area contributed by atoms with Crippen molar-refractivity contribution in [1.29, 1.82) is 0 Å². The van der Waals surface area contributed by atoms with E-state index in [0.29, 0.717) is 30.0 Å². The highest BCUT2D eigenvalue weighted by molar-refractivity contribution is 5.79.